The summed E-state index contributed by atoms with van der Waals surface area (Å²) in [6.45, 7) is 5.77. The van der Waals surface area contributed by atoms with Crippen LogP contribution in [0.3, 0.4) is 0 Å². The molecule has 1 N–H and O–H groups in total. The Balaban J connectivity index is 1.84. The first-order valence-corrected chi connectivity index (χ1v) is 11.0. The van der Waals surface area contributed by atoms with Crippen LogP contribution in [0, 0.1) is 0 Å². The number of ether oxygens (including phenoxy) is 3. The highest BCUT2D eigenvalue weighted by molar-refractivity contribution is 6.30. The van der Waals surface area contributed by atoms with Crippen molar-refractivity contribution in [3.63, 3.8) is 0 Å². The highest BCUT2D eigenvalue weighted by atomic mass is 35.5. The van der Waals surface area contributed by atoms with Gasteiger partial charge in [0, 0.05) is 29.8 Å². The predicted octanol–water partition coefficient (Wildman–Crippen LogP) is 4.72. The molecule has 1 aromatic heterocycles. The Kier molecular flexibility index (Phi) is 6.67. The molecule has 8 heteroatoms. The number of methoxy groups -OCH3 is 1. The Labute approximate surface area is 192 Å². The van der Waals surface area contributed by atoms with Crippen LogP contribution in [0.4, 0.5) is 0 Å². The van der Waals surface area contributed by atoms with Crippen LogP contribution < -0.4 is 9.47 Å². The maximum atomic E-state index is 13.3. The average molecular weight is 456 g/mol. The highest BCUT2D eigenvalue weighted by Crippen LogP contribution is 2.44. The number of hydrogen-bond donors (Lipinski definition) is 1. The second-order valence-corrected chi connectivity index (χ2v) is 7.77. The lowest BCUT2D eigenvalue weighted by Gasteiger charge is -2.27. The Morgan fingerprint density at radius 3 is 2.47 bits per heavy atom. The first kappa shape index (κ1) is 22.2. The van der Waals surface area contributed by atoms with Gasteiger partial charge in [0.2, 0.25) is 0 Å². The first-order chi connectivity index (χ1) is 15.6. The Hall–Kier alpha value is -3.03. The van der Waals surface area contributed by atoms with Crippen molar-refractivity contribution in [1.82, 2.24) is 15.1 Å². The molecule has 1 unspecified atom stereocenters. The molecule has 0 fully saturated rings. The minimum atomic E-state index is -0.341. The number of hydrogen-bond acceptors (Lipinski definition) is 5. The van der Waals surface area contributed by atoms with Gasteiger partial charge in [0.15, 0.2) is 11.5 Å². The van der Waals surface area contributed by atoms with Crippen molar-refractivity contribution in [3.05, 3.63) is 64.3 Å². The molecule has 2 aromatic carbocycles. The van der Waals surface area contributed by atoms with Crippen molar-refractivity contribution in [1.29, 1.82) is 0 Å². The molecule has 1 atom stereocenters. The summed E-state index contributed by atoms with van der Waals surface area (Å²) in [4.78, 5) is 15.1. The molecule has 0 radical (unpaired) electrons. The molecule has 32 heavy (non-hydrogen) atoms. The Bertz CT molecular complexity index is 1100. The standard InChI is InChI=1S/C24H26ClN3O4/c1-4-31-18-11-8-16(14-19(18)32-5-2)23-20-21(15-6-9-17(25)10-7-15)26-27-22(20)24(29)28(23)12-13-30-3/h6-11,14,23H,4-5,12-13H2,1-3H3,(H,26,27). The molecule has 3 aromatic rings. The quantitative estimate of drug-likeness (QED) is 0.505. The second kappa shape index (κ2) is 9.63. The Morgan fingerprint density at radius 1 is 1.06 bits per heavy atom. The van der Waals surface area contributed by atoms with Crippen LogP contribution >= 0.6 is 11.6 Å². The summed E-state index contributed by atoms with van der Waals surface area (Å²) < 4.78 is 16.8. The van der Waals surface area contributed by atoms with Gasteiger partial charge >= 0.3 is 0 Å². The summed E-state index contributed by atoms with van der Waals surface area (Å²) in [5.41, 5.74) is 3.84. The van der Waals surface area contributed by atoms with Crippen LogP contribution in [0.5, 0.6) is 11.5 Å². The molecule has 2 heterocycles. The van der Waals surface area contributed by atoms with Crippen LogP contribution in [0.25, 0.3) is 11.3 Å². The summed E-state index contributed by atoms with van der Waals surface area (Å²) in [5.74, 6) is 1.22. The van der Waals surface area contributed by atoms with Gasteiger partial charge in [-0.1, -0.05) is 29.8 Å². The summed E-state index contributed by atoms with van der Waals surface area (Å²) in [6.07, 6.45) is 0. The van der Waals surface area contributed by atoms with Crippen LogP contribution in [0.15, 0.2) is 42.5 Å². The lowest BCUT2D eigenvalue weighted by molar-refractivity contribution is 0.0677. The van der Waals surface area contributed by atoms with E-state index in [-0.39, 0.29) is 11.9 Å². The first-order valence-electron chi connectivity index (χ1n) is 10.6. The fourth-order valence-corrected chi connectivity index (χ4v) is 4.16. The van der Waals surface area contributed by atoms with Gasteiger partial charge in [0.05, 0.1) is 31.6 Å². The van der Waals surface area contributed by atoms with Crippen molar-refractivity contribution in [3.8, 4) is 22.8 Å². The van der Waals surface area contributed by atoms with Gasteiger partial charge in [-0.05, 0) is 43.7 Å². The van der Waals surface area contributed by atoms with Gasteiger partial charge < -0.3 is 19.1 Å². The van der Waals surface area contributed by atoms with Crippen molar-refractivity contribution >= 4 is 17.5 Å². The molecule has 168 valence electrons. The van der Waals surface area contributed by atoms with E-state index < -0.39 is 0 Å². The SMILES string of the molecule is CCOc1ccc(C2c3c(-c4ccc(Cl)cc4)n[nH]c3C(=O)N2CCOC)cc1OCC. The van der Waals surface area contributed by atoms with Crippen molar-refractivity contribution < 1.29 is 19.0 Å². The van der Waals surface area contributed by atoms with Crippen molar-refractivity contribution in [2.45, 2.75) is 19.9 Å². The van der Waals surface area contributed by atoms with E-state index in [0.717, 1.165) is 22.4 Å². The van der Waals surface area contributed by atoms with Gasteiger partial charge in [-0.25, -0.2) is 0 Å². The zero-order chi connectivity index (χ0) is 22.7. The van der Waals surface area contributed by atoms with Gasteiger partial charge in [-0.15, -0.1) is 0 Å². The molecular formula is C24H26ClN3O4. The summed E-state index contributed by atoms with van der Waals surface area (Å²) >= 11 is 6.08. The van der Waals surface area contributed by atoms with Crippen LogP contribution in [-0.2, 0) is 4.74 Å². The summed E-state index contributed by atoms with van der Waals surface area (Å²) in [5, 5.41) is 8.08. The number of benzene rings is 2. The number of amides is 1. The van der Waals surface area contributed by atoms with Crippen molar-refractivity contribution in [2.24, 2.45) is 0 Å². The average Bonchev–Trinajstić information content (AvgIpc) is 3.33. The van der Waals surface area contributed by atoms with E-state index in [0.29, 0.717) is 48.6 Å². The molecule has 0 saturated carbocycles. The van der Waals surface area contributed by atoms with Crippen LogP contribution in [0.1, 0.15) is 41.5 Å². The van der Waals surface area contributed by atoms with Gasteiger partial charge in [-0.3, -0.25) is 9.89 Å². The van der Waals surface area contributed by atoms with E-state index in [9.17, 15) is 4.79 Å². The molecule has 7 nitrogen and oxygen atoms in total. The van der Waals surface area contributed by atoms with E-state index in [4.69, 9.17) is 25.8 Å². The van der Waals surface area contributed by atoms with E-state index in [2.05, 4.69) is 10.2 Å². The fraction of sp³-hybridized carbons (Fsp3) is 0.333. The number of aromatic nitrogens is 2. The van der Waals surface area contributed by atoms with Crippen molar-refractivity contribution in [2.75, 3.05) is 33.5 Å². The monoisotopic (exact) mass is 455 g/mol. The van der Waals surface area contributed by atoms with Gasteiger partial charge in [0.1, 0.15) is 5.69 Å². The molecule has 1 aliphatic rings. The maximum absolute atomic E-state index is 13.3. The number of nitrogens with zero attached hydrogens (tertiary/aromatic N) is 2. The molecule has 1 aliphatic heterocycles. The minimum absolute atomic E-state index is 0.110. The third-order valence-electron chi connectivity index (χ3n) is 5.40. The molecule has 0 saturated heterocycles. The number of rotatable bonds is 9. The summed E-state index contributed by atoms with van der Waals surface area (Å²) in [6, 6.07) is 12.9. The number of halogens is 1. The topological polar surface area (TPSA) is 76.7 Å². The number of aromatic amines is 1. The smallest absolute Gasteiger partial charge is 0.273 e. The third kappa shape index (κ3) is 4.06. The van der Waals surface area contributed by atoms with E-state index in [1.54, 1.807) is 12.0 Å². The number of fused-ring (bicyclic) bond motifs is 1. The number of H-pyrrole nitrogens is 1. The zero-order valence-corrected chi connectivity index (χ0v) is 19.1. The van der Waals surface area contributed by atoms with E-state index >= 15 is 0 Å². The summed E-state index contributed by atoms with van der Waals surface area (Å²) in [7, 11) is 1.62. The molecule has 0 aliphatic carbocycles. The fourth-order valence-electron chi connectivity index (χ4n) is 4.03. The number of carbonyl (C=O) groups is 1. The maximum Gasteiger partial charge on any atom is 0.273 e. The second-order valence-electron chi connectivity index (χ2n) is 7.33. The third-order valence-corrected chi connectivity index (χ3v) is 5.65. The number of carbonyl (C=O) groups excluding carboxylic acids is 1. The predicted molar refractivity (Wildman–Crippen MR) is 123 cm³/mol. The normalized spacial score (nSPS) is 15.2. The van der Waals surface area contributed by atoms with Gasteiger partial charge in [-0.2, -0.15) is 5.10 Å². The Morgan fingerprint density at radius 2 is 1.78 bits per heavy atom. The molecule has 0 bridgehead atoms. The highest BCUT2D eigenvalue weighted by Gasteiger charge is 2.42. The largest absolute Gasteiger partial charge is 0.490 e. The van der Waals surface area contributed by atoms with E-state index in [1.807, 2.05) is 56.3 Å². The van der Waals surface area contributed by atoms with Crippen LogP contribution in [-0.4, -0.2) is 54.5 Å². The lowest BCUT2D eigenvalue weighted by atomic mass is 9.95. The molecule has 1 amide bonds. The lowest BCUT2D eigenvalue weighted by Crippen LogP contribution is -2.32. The minimum Gasteiger partial charge on any atom is -0.490 e. The molecule has 4 rings (SSSR count). The molecular weight excluding hydrogens is 430 g/mol. The van der Waals surface area contributed by atoms with Gasteiger partial charge in [0.25, 0.3) is 5.91 Å². The van der Waals surface area contributed by atoms with E-state index in [1.165, 1.54) is 0 Å². The molecule has 0 spiro atoms. The van der Waals surface area contributed by atoms with Crippen LogP contribution in [0.2, 0.25) is 5.02 Å². The number of nitrogens with one attached hydrogen (secondary N) is 1. The zero-order valence-electron chi connectivity index (χ0n) is 18.4.